The van der Waals surface area contributed by atoms with Gasteiger partial charge in [-0.3, -0.25) is 9.52 Å². The standard InChI is InChI=1S/C27H31N3O5S/c1-34-23-12-9-21(10-13-23)29-36(32,33)26-19-22(11-14-25(26)30-15-4-3-5-16-30)28-27(31)18-20-7-6-8-24(17-20)35-2/h6-14,17,19,29H,3-5,15-16,18H2,1-2H3,(H,28,31). The van der Waals surface area contributed by atoms with Gasteiger partial charge >= 0.3 is 0 Å². The average molecular weight is 510 g/mol. The Bertz CT molecular complexity index is 1300. The summed E-state index contributed by atoms with van der Waals surface area (Å²) < 4.78 is 40.1. The van der Waals surface area contributed by atoms with E-state index in [1.54, 1.807) is 56.7 Å². The summed E-state index contributed by atoms with van der Waals surface area (Å²) in [5.41, 5.74) is 2.26. The van der Waals surface area contributed by atoms with E-state index >= 15 is 0 Å². The molecule has 1 heterocycles. The average Bonchev–Trinajstić information content (AvgIpc) is 2.89. The highest BCUT2D eigenvalue weighted by Crippen LogP contribution is 2.32. The van der Waals surface area contributed by atoms with Crippen molar-refractivity contribution in [3.63, 3.8) is 0 Å². The Labute approximate surface area is 212 Å². The number of nitrogens with one attached hydrogen (secondary N) is 2. The molecule has 36 heavy (non-hydrogen) atoms. The summed E-state index contributed by atoms with van der Waals surface area (Å²) in [6, 6.07) is 19.0. The van der Waals surface area contributed by atoms with Gasteiger partial charge in [0.05, 0.1) is 26.3 Å². The molecule has 190 valence electrons. The lowest BCUT2D eigenvalue weighted by Crippen LogP contribution is -2.31. The lowest BCUT2D eigenvalue weighted by molar-refractivity contribution is -0.115. The minimum atomic E-state index is -3.94. The van der Waals surface area contributed by atoms with Gasteiger partial charge in [-0.25, -0.2) is 8.42 Å². The number of rotatable bonds is 9. The highest BCUT2D eigenvalue weighted by Gasteiger charge is 2.24. The van der Waals surface area contributed by atoms with Crippen molar-refractivity contribution in [2.75, 3.05) is 42.2 Å². The van der Waals surface area contributed by atoms with Crippen molar-refractivity contribution in [3.8, 4) is 11.5 Å². The molecule has 0 radical (unpaired) electrons. The molecule has 8 nitrogen and oxygen atoms in total. The third kappa shape index (κ3) is 6.28. The fourth-order valence-corrected chi connectivity index (χ4v) is 5.56. The molecule has 0 atom stereocenters. The van der Waals surface area contributed by atoms with E-state index in [9.17, 15) is 13.2 Å². The Morgan fingerprint density at radius 1 is 0.861 bits per heavy atom. The van der Waals surface area contributed by atoms with Crippen molar-refractivity contribution in [1.82, 2.24) is 0 Å². The highest BCUT2D eigenvalue weighted by molar-refractivity contribution is 7.92. The number of methoxy groups -OCH3 is 2. The van der Waals surface area contributed by atoms with Gasteiger partial charge in [0.1, 0.15) is 16.4 Å². The van der Waals surface area contributed by atoms with Crippen LogP contribution < -0.4 is 24.4 Å². The second-order valence-electron chi connectivity index (χ2n) is 8.64. The van der Waals surface area contributed by atoms with Crippen molar-refractivity contribution in [2.45, 2.75) is 30.6 Å². The van der Waals surface area contributed by atoms with E-state index in [1.165, 1.54) is 6.07 Å². The molecule has 0 spiro atoms. The quantitative estimate of drug-likeness (QED) is 0.435. The smallest absolute Gasteiger partial charge is 0.264 e. The summed E-state index contributed by atoms with van der Waals surface area (Å²) in [6.07, 6.45) is 3.27. The molecule has 9 heteroatoms. The van der Waals surface area contributed by atoms with Crippen LogP contribution in [-0.4, -0.2) is 41.6 Å². The molecule has 0 saturated carbocycles. The predicted molar refractivity (Wildman–Crippen MR) is 142 cm³/mol. The molecule has 1 aliphatic rings. The molecule has 0 aromatic heterocycles. The first kappa shape index (κ1) is 25.4. The number of anilines is 3. The van der Waals surface area contributed by atoms with Crippen LogP contribution in [0.1, 0.15) is 24.8 Å². The number of carbonyl (C=O) groups excluding carboxylic acids is 1. The molecule has 3 aromatic carbocycles. The van der Waals surface area contributed by atoms with Crippen LogP contribution in [0.25, 0.3) is 0 Å². The van der Waals surface area contributed by atoms with Gasteiger partial charge in [0, 0.05) is 24.5 Å². The SMILES string of the molecule is COc1ccc(NS(=O)(=O)c2cc(NC(=O)Cc3cccc(OC)c3)ccc2N2CCCCC2)cc1. The van der Waals surface area contributed by atoms with E-state index in [2.05, 4.69) is 14.9 Å². The molecule has 1 fully saturated rings. The maximum atomic E-state index is 13.5. The van der Waals surface area contributed by atoms with Gasteiger partial charge in [0.25, 0.3) is 10.0 Å². The van der Waals surface area contributed by atoms with Gasteiger partial charge in [0.15, 0.2) is 0 Å². The Kier molecular flexibility index (Phi) is 8.00. The highest BCUT2D eigenvalue weighted by atomic mass is 32.2. The van der Waals surface area contributed by atoms with Gasteiger partial charge in [0.2, 0.25) is 5.91 Å². The number of piperidine rings is 1. The largest absolute Gasteiger partial charge is 0.497 e. The number of benzene rings is 3. The second kappa shape index (κ2) is 11.3. The molecule has 0 aliphatic carbocycles. The molecule has 0 bridgehead atoms. The minimum absolute atomic E-state index is 0.124. The van der Waals surface area contributed by atoms with Gasteiger partial charge in [-0.1, -0.05) is 12.1 Å². The Morgan fingerprint density at radius 3 is 2.25 bits per heavy atom. The normalized spacial score (nSPS) is 13.7. The zero-order chi connectivity index (χ0) is 25.5. The number of carbonyl (C=O) groups is 1. The van der Waals surface area contributed by atoms with Crippen LogP contribution in [0.15, 0.2) is 71.6 Å². The summed E-state index contributed by atoms with van der Waals surface area (Å²) >= 11 is 0. The first-order valence-corrected chi connectivity index (χ1v) is 13.3. The molecular formula is C27H31N3O5S. The predicted octanol–water partition coefficient (Wildman–Crippen LogP) is 4.68. The third-order valence-corrected chi connectivity index (χ3v) is 7.48. The Hall–Kier alpha value is -3.72. The first-order valence-electron chi connectivity index (χ1n) is 11.9. The van der Waals surface area contributed by atoms with Crippen LogP contribution >= 0.6 is 0 Å². The van der Waals surface area contributed by atoms with Crippen LogP contribution in [0.2, 0.25) is 0 Å². The Balaban J connectivity index is 1.60. The molecule has 3 aromatic rings. The fraction of sp³-hybridized carbons (Fsp3) is 0.296. The first-order chi connectivity index (χ1) is 17.4. The third-order valence-electron chi connectivity index (χ3n) is 6.07. The summed E-state index contributed by atoms with van der Waals surface area (Å²) in [6.45, 7) is 1.57. The number of ether oxygens (including phenoxy) is 2. The van der Waals surface area contributed by atoms with E-state index < -0.39 is 10.0 Å². The molecule has 1 aliphatic heterocycles. The number of nitrogens with zero attached hydrogens (tertiary/aromatic N) is 1. The summed E-state index contributed by atoms with van der Waals surface area (Å²) in [5.74, 6) is 1.05. The van der Waals surface area contributed by atoms with Crippen molar-refractivity contribution in [1.29, 1.82) is 0 Å². The van der Waals surface area contributed by atoms with Gasteiger partial charge in [-0.05, 0) is 79.4 Å². The minimum Gasteiger partial charge on any atom is -0.497 e. The molecule has 1 amide bonds. The molecule has 0 unspecified atom stereocenters. The van der Waals surface area contributed by atoms with E-state index in [4.69, 9.17) is 9.47 Å². The van der Waals surface area contributed by atoms with Crippen LogP contribution in [0.5, 0.6) is 11.5 Å². The number of hydrogen-bond donors (Lipinski definition) is 2. The second-order valence-corrected chi connectivity index (χ2v) is 10.3. The number of sulfonamides is 1. The zero-order valence-electron chi connectivity index (χ0n) is 20.5. The van der Waals surface area contributed by atoms with Crippen molar-refractivity contribution in [2.24, 2.45) is 0 Å². The summed E-state index contributed by atoms with van der Waals surface area (Å²) in [7, 11) is -0.811. The monoisotopic (exact) mass is 509 g/mol. The number of hydrogen-bond acceptors (Lipinski definition) is 6. The molecule has 1 saturated heterocycles. The van der Waals surface area contributed by atoms with Crippen LogP contribution in [0.4, 0.5) is 17.1 Å². The maximum Gasteiger partial charge on any atom is 0.264 e. The topological polar surface area (TPSA) is 97.0 Å². The fourth-order valence-electron chi connectivity index (χ4n) is 4.25. The van der Waals surface area contributed by atoms with E-state index in [0.717, 1.165) is 37.9 Å². The lowest BCUT2D eigenvalue weighted by Gasteiger charge is -2.30. The Morgan fingerprint density at radius 2 is 1.56 bits per heavy atom. The van der Waals surface area contributed by atoms with E-state index in [0.29, 0.717) is 28.6 Å². The summed E-state index contributed by atoms with van der Waals surface area (Å²) in [4.78, 5) is 15.0. The van der Waals surface area contributed by atoms with Crippen LogP contribution in [-0.2, 0) is 21.2 Å². The van der Waals surface area contributed by atoms with Gasteiger partial charge in [-0.15, -0.1) is 0 Å². The zero-order valence-corrected chi connectivity index (χ0v) is 21.3. The number of amides is 1. The van der Waals surface area contributed by atoms with Crippen molar-refractivity contribution < 1.29 is 22.7 Å². The lowest BCUT2D eigenvalue weighted by atomic mass is 10.1. The maximum absolute atomic E-state index is 13.5. The van der Waals surface area contributed by atoms with Crippen LogP contribution in [0.3, 0.4) is 0 Å². The van der Waals surface area contributed by atoms with Crippen molar-refractivity contribution >= 4 is 33.0 Å². The molecule has 2 N–H and O–H groups in total. The molecule has 4 rings (SSSR count). The van der Waals surface area contributed by atoms with E-state index in [-0.39, 0.29) is 17.2 Å². The van der Waals surface area contributed by atoms with Crippen LogP contribution in [0, 0.1) is 0 Å². The van der Waals surface area contributed by atoms with Gasteiger partial charge in [-0.2, -0.15) is 0 Å². The molecular weight excluding hydrogens is 478 g/mol. The van der Waals surface area contributed by atoms with E-state index in [1.807, 2.05) is 18.2 Å². The van der Waals surface area contributed by atoms with Gasteiger partial charge < -0.3 is 19.7 Å². The van der Waals surface area contributed by atoms with Crippen molar-refractivity contribution in [3.05, 3.63) is 72.3 Å². The summed E-state index contributed by atoms with van der Waals surface area (Å²) in [5, 5.41) is 2.84.